The van der Waals surface area contributed by atoms with Gasteiger partial charge >= 0.3 is 6.03 Å². The fourth-order valence-corrected chi connectivity index (χ4v) is 4.00. The van der Waals surface area contributed by atoms with Crippen molar-refractivity contribution in [3.8, 4) is 0 Å². The normalized spacial score (nSPS) is 23.4. The predicted molar refractivity (Wildman–Crippen MR) is 98.3 cm³/mol. The summed E-state index contributed by atoms with van der Waals surface area (Å²) in [6.07, 6.45) is 7.88. The van der Waals surface area contributed by atoms with E-state index in [1.54, 1.807) is 12.4 Å². The Morgan fingerprint density at radius 2 is 2.12 bits per heavy atom. The first-order valence-corrected chi connectivity index (χ1v) is 9.59. The summed E-state index contributed by atoms with van der Waals surface area (Å²) in [5, 5.41) is 2.98. The molecule has 2 fully saturated rings. The van der Waals surface area contributed by atoms with Crippen molar-refractivity contribution in [1.29, 1.82) is 0 Å². The molecule has 1 N–H and O–H groups in total. The first kappa shape index (κ1) is 18.6. The molecule has 142 valence electrons. The first-order chi connectivity index (χ1) is 12.5. The van der Waals surface area contributed by atoms with E-state index in [9.17, 15) is 9.59 Å². The maximum atomic E-state index is 12.4. The van der Waals surface area contributed by atoms with Crippen molar-refractivity contribution < 1.29 is 9.59 Å². The van der Waals surface area contributed by atoms with Crippen molar-refractivity contribution in [2.45, 2.75) is 52.5 Å². The van der Waals surface area contributed by atoms with Gasteiger partial charge in [0, 0.05) is 44.2 Å². The lowest BCUT2D eigenvalue weighted by molar-refractivity contribution is -0.139. The number of aromatic nitrogens is 2. The number of hydrogen-bond donors (Lipinski definition) is 1. The van der Waals surface area contributed by atoms with Gasteiger partial charge in [-0.25, -0.2) is 4.79 Å². The topological polar surface area (TPSA) is 78.4 Å². The van der Waals surface area contributed by atoms with Crippen LogP contribution in [0.4, 0.5) is 4.79 Å². The number of aryl methyl sites for hydroxylation is 1. The molecular weight excluding hydrogens is 330 g/mol. The zero-order valence-electron chi connectivity index (χ0n) is 15.8. The second-order valence-electron chi connectivity index (χ2n) is 7.66. The number of likely N-dealkylation sites (tertiary alicyclic amines) is 2. The Morgan fingerprint density at radius 3 is 2.85 bits per heavy atom. The maximum Gasteiger partial charge on any atom is 0.317 e. The number of rotatable bonds is 4. The Bertz CT molecular complexity index is 648. The summed E-state index contributed by atoms with van der Waals surface area (Å²) in [4.78, 5) is 37.3. The number of nitrogens with zero attached hydrogens (tertiary/aromatic N) is 4. The van der Waals surface area contributed by atoms with Crippen LogP contribution in [0, 0.1) is 12.3 Å². The highest BCUT2D eigenvalue weighted by Gasteiger charge is 2.42. The molecule has 2 aliphatic heterocycles. The average molecular weight is 359 g/mol. The van der Waals surface area contributed by atoms with Crippen molar-refractivity contribution in [2.24, 2.45) is 5.41 Å². The van der Waals surface area contributed by atoms with Gasteiger partial charge in [-0.1, -0.05) is 6.92 Å². The van der Waals surface area contributed by atoms with Crippen LogP contribution in [-0.2, 0) is 11.3 Å². The van der Waals surface area contributed by atoms with Gasteiger partial charge in [0.2, 0.25) is 5.91 Å². The fraction of sp³-hybridized carbons (Fsp3) is 0.684. The number of nitrogens with one attached hydrogen (secondary N) is 1. The van der Waals surface area contributed by atoms with Gasteiger partial charge in [-0.05, 0) is 32.6 Å². The van der Waals surface area contributed by atoms with Crippen molar-refractivity contribution >= 4 is 11.9 Å². The Labute approximate surface area is 155 Å². The molecule has 3 amide bonds. The van der Waals surface area contributed by atoms with E-state index in [1.807, 2.05) is 16.7 Å². The summed E-state index contributed by atoms with van der Waals surface area (Å²) < 4.78 is 0. The highest BCUT2D eigenvalue weighted by Crippen LogP contribution is 2.39. The number of carbonyl (C=O) groups is 2. The molecule has 0 aliphatic carbocycles. The van der Waals surface area contributed by atoms with Gasteiger partial charge < -0.3 is 15.1 Å². The van der Waals surface area contributed by atoms with Gasteiger partial charge in [0.25, 0.3) is 0 Å². The van der Waals surface area contributed by atoms with Gasteiger partial charge in [-0.2, -0.15) is 0 Å². The summed E-state index contributed by atoms with van der Waals surface area (Å²) in [7, 11) is 0. The molecule has 3 rings (SSSR count). The van der Waals surface area contributed by atoms with E-state index >= 15 is 0 Å². The predicted octanol–water partition coefficient (Wildman–Crippen LogP) is 2.11. The molecule has 1 atom stereocenters. The third-order valence-electron chi connectivity index (χ3n) is 5.41. The van der Waals surface area contributed by atoms with Gasteiger partial charge in [0.05, 0.1) is 24.1 Å². The van der Waals surface area contributed by atoms with Crippen molar-refractivity contribution in [1.82, 2.24) is 25.1 Å². The monoisotopic (exact) mass is 359 g/mol. The summed E-state index contributed by atoms with van der Waals surface area (Å²) in [5.41, 5.74) is 1.69. The van der Waals surface area contributed by atoms with E-state index in [4.69, 9.17) is 0 Å². The third-order valence-corrected chi connectivity index (χ3v) is 5.41. The second-order valence-corrected chi connectivity index (χ2v) is 7.66. The van der Waals surface area contributed by atoms with E-state index in [0.29, 0.717) is 26.1 Å². The van der Waals surface area contributed by atoms with Crippen LogP contribution >= 0.6 is 0 Å². The molecule has 7 heteroatoms. The Kier molecular flexibility index (Phi) is 5.74. The summed E-state index contributed by atoms with van der Waals surface area (Å²) in [6.45, 7) is 7.38. The van der Waals surface area contributed by atoms with Gasteiger partial charge in [-0.3, -0.25) is 14.8 Å². The highest BCUT2D eigenvalue weighted by atomic mass is 16.2. The quantitative estimate of drug-likeness (QED) is 0.893. The molecule has 1 aromatic rings. The third kappa shape index (κ3) is 4.31. The standard InChI is InChI=1S/C19H29N5O2/c1-3-8-20-18(26)23-9-4-6-19(13-23)7-5-17(25)24(14-19)12-16-11-21-15(2)10-22-16/h10-11H,3-9,12-14H2,1-2H3,(H,20,26)/t19-/m0/s1. The van der Waals surface area contributed by atoms with Crippen molar-refractivity contribution in [3.05, 3.63) is 23.8 Å². The number of amides is 3. The molecule has 0 aromatic carbocycles. The Balaban J connectivity index is 1.66. The average Bonchev–Trinajstić information content (AvgIpc) is 2.65. The molecule has 0 unspecified atom stereocenters. The molecule has 0 saturated carbocycles. The molecule has 2 aliphatic rings. The minimum atomic E-state index is 0.00778. The van der Waals surface area contributed by atoms with E-state index in [1.165, 1.54) is 0 Å². The Hall–Kier alpha value is -2.18. The SMILES string of the molecule is CCCNC(=O)N1CCC[C@]2(CCC(=O)N(Cc3cnc(C)cn3)C2)C1. The van der Waals surface area contributed by atoms with Crippen molar-refractivity contribution in [2.75, 3.05) is 26.2 Å². The molecule has 3 heterocycles. The molecule has 26 heavy (non-hydrogen) atoms. The minimum Gasteiger partial charge on any atom is -0.338 e. The zero-order valence-corrected chi connectivity index (χ0v) is 15.8. The van der Waals surface area contributed by atoms with Gasteiger partial charge in [-0.15, -0.1) is 0 Å². The molecular formula is C19H29N5O2. The number of hydrogen-bond acceptors (Lipinski definition) is 4. The zero-order chi connectivity index (χ0) is 18.6. The lowest BCUT2D eigenvalue weighted by atomic mass is 9.73. The van der Waals surface area contributed by atoms with Gasteiger partial charge in [0.15, 0.2) is 0 Å². The van der Waals surface area contributed by atoms with Gasteiger partial charge in [0.1, 0.15) is 0 Å². The van der Waals surface area contributed by atoms with Crippen LogP contribution in [-0.4, -0.2) is 57.9 Å². The molecule has 1 aromatic heterocycles. The van der Waals surface area contributed by atoms with Crippen LogP contribution in [0.25, 0.3) is 0 Å². The number of piperidine rings is 2. The molecule has 0 bridgehead atoms. The molecule has 2 saturated heterocycles. The fourth-order valence-electron chi connectivity index (χ4n) is 4.00. The maximum absolute atomic E-state index is 12.4. The molecule has 1 spiro atoms. The van der Waals surface area contributed by atoms with Crippen LogP contribution in [0.15, 0.2) is 12.4 Å². The molecule has 0 radical (unpaired) electrons. The van der Waals surface area contributed by atoms with Crippen molar-refractivity contribution in [3.63, 3.8) is 0 Å². The van der Waals surface area contributed by atoms with E-state index in [2.05, 4.69) is 22.2 Å². The Morgan fingerprint density at radius 1 is 1.27 bits per heavy atom. The smallest absolute Gasteiger partial charge is 0.317 e. The minimum absolute atomic E-state index is 0.00778. The largest absolute Gasteiger partial charge is 0.338 e. The summed E-state index contributed by atoms with van der Waals surface area (Å²) in [6, 6.07) is 0.0266. The molecule has 7 nitrogen and oxygen atoms in total. The van der Waals surface area contributed by atoms with Crippen LogP contribution < -0.4 is 5.32 Å². The van der Waals surface area contributed by atoms with Crippen LogP contribution in [0.1, 0.15) is 50.4 Å². The van der Waals surface area contributed by atoms with E-state index in [0.717, 1.165) is 50.2 Å². The summed E-state index contributed by atoms with van der Waals surface area (Å²) in [5.74, 6) is 0.172. The lowest BCUT2D eigenvalue weighted by Gasteiger charge is -2.48. The first-order valence-electron chi connectivity index (χ1n) is 9.59. The number of carbonyl (C=O) groups excluding carboxylic acids is 2. The van der Waals surface area contributed by atoms with E-state index in [-0.39, 0.29) is 17.4 Å². The van der Waals surface area contributed by atoms with E-state index < -0.39 is 0 Å². The van der Waals surface area contributed by atoms with Crippen LogP contribution in [0.3, 0.4) is 0 Å². The lowest BCUT2D eigenvalue weighted by Crippen LogP contribution is -2.56. The summed E-state index contributed by atoms with van der Waals surface area (Å²) >= 11 is 0. The van der Waals surface area contributed by atoms with Crippen LogP contribution in [0.5, 0.6) is 0 Å². The second kappa shape index (κ2) is 8.01. The number of urea groups is 1. The van der Waals surface area contributed by atoms with Crippen LogP contribution in [0.2, 0.25) is 0 Å². The highest BCUT2D eigenvalue weighted by molar-refractivity contribution is 5.77.